The van der Waals surface area contributed by atoms with E-state index in [4.69, 9.17) is 9.72 Å². The van der Waals surface area contributed by atoms with Gasteiger partial charge in [0.15, 0.2) is 0 Å². The topological polar surface area (TPSA) is 46.8 Å². The van der Waals surface area contributed by atoms with Crippen LogP contribution in [-0.4, -0.2) is 35.7 Å². The first-order valence-corrected chi connectivity index (χ1v) is 9.64. The maximum atomic E-state index is 13.2. The van der Waals surface area contributed by atoms with Crippen molar-refractivity contribution in [1.82, 2.24) is 9.38 Å². The van der Waals surface area contributed by atoms with Crippen molar-refractivity contribution in [3.8, 4) is 0 Å². The fourth-order valence-electron chi connectivity index (χ4n) is 3.72. The van der Waals surface area contributed by atoms with Crippen LogP contribution in [0.15, 0.2) is 35.1 Å². The van der Waals surface area contributed by atoms with E-state index in [0.29, 0.717) is 18.9 Å². The number of rotatable bonds is 1. The number of fused-ring (bicyclic) bond motifs is 4. The molecule has 0 aliphatic carbocycles. The van der Waals surface area contributed by atoms with Gasteiger partial charge in [-0.1, -0.05) is 18.2 Å². The summed E-state index contributed by atoms with van der Waals surface area (Å²) in [6.45, 7) is 7.30. The summed E-state index contributed by atoms with van der Waals surface area (Å²) < 4.78 is 7.29. The van der Waals surface area contributed by atoms with E-state index in [1.165, 1.54) is 10.4 Å². The predicted octanol–water partition coefficient (Wildman–Crippen LogP) is 3.52. The van der Waals surface area contributed by atoms with E-state index in [0.717, 1.165) is 39.9 Å². The molecule has 0 unspecified atom stereocenters. The molecule has 4 aromatic rings. The summed E-state index contributed by atoms with van der Waals surface area (Å²) in [5, 5.41) is 2.76. The molecule has 0 amide bonds. The molecule has 0 radical (unpaired) electrons. The second kappa shape index (κ2) is 5.79. The molecule has 0 saturated carbocycles. The van der Waals surface area contributed by atoms with E-state index in [9.17, 15) is 4.79 Å². The number of aromatic nitrogens is 2. The highest BCUT2D eigenvalue weighted by molar-refractivity contribution is 7.19. The van der Waals surface area contributed by atoms with Gasteiger partial charge in [0.2, 0.25) is 0 Å². The zero-order valence-electron chi connectivity index (χ0n) is 14.8. The smallest absolute Gasteiger partial charge is 0.265 e. The maximum Gasteiger partial charge on any atom is 0.265 e. The van der Waals surface area contributed by atoms with E-state index in [1.807, 2.05) is 30.3 Å². The van der Waals surface area contributed by atoms with Crippen LogP contribution in [0.5, 0.6) is 0 Å². The van der Waals surface area contributed by atoms with Crippen LogP contribution < -0.4 is 10.5 Å². The Morgan fingerprint density at radius 3 is 2.73 bits per heavy atom. The molecule has 1 aromatic carbocycles. The molecule has 0 bridgehead atoms. The number of hydrogen-bond donors (Lipinski definition) is 0. The maximum absolute atomic E-state index is 13.2. The summed E-state index contributed by atoms with van der Waals surface area (Å²) in [5.74, 6) is 0.972. The van der Waals surface area contributed by atoms with E-state index in [2.05, 4.69) is 18.7 Å². The highest BCUT2D eigenvalue weighted by atomic mass is 32.1. The van der Waals surface area contributed by atoms with Crippen LogP contribution in [-0.2, 0) is 4.74 Å². The third-order valence-corrected chi connectivity index (χ3v) is 6.42. The summed E-state index contributed by atoms with van der Waals surface area (Å²) in [4.78, 5) is 22.7. The third-order valence-electron chi connectivity index (χ3n) is 5.23. The first kappa shape index (κ1) is 15.8. The standard InChI is InChI=1S/C20H19N3O2S/c1-12-13(2)26-20-17(12)18(22-7-9-25-10-8-22)21-16-11-14-5-3-4-6-15(14)19(24)23(16)20/h3-6,11H,7-10H2,1-2H3. The Morgan fingerprint density at radius 2 is 1.92 bits per heavy atom. The number of nitrogens with zero attached hydrogens (tertiary/aromatic N) is 3. The normalized spacial score (nSPS) is 15.4. The lowest BCUT2D eigenvalue weighted by atomic mass is 10.1. The quantitative estimate of drug-likeness (QED) is 0.484. The summed E-state index contributed by atoms with van der Waals surface area (Å²) >= 11 is 1.67. The van der Waals surface area contributed by atoms with E-state index >= 15 is 0 Å². The van der Waals surface area contributed by atoms with Crippen molar-refractivity contribution in [2.45, 2.75) is 13.8 Å². The molecule has 0 spiro atoms. The fraction of sp³-hybridized carbons (Fsp3) is 0.300. The molecule has 5 rings (SSSR count). The number of pyridine rings is 1. The van der Waals surface area contributed by atoms with Crippen LogP contribution in [0.2, 0.25) is 0 Å². The van der Waals surface area contributed by atoms with Crippen molar-refractivity contribution in [2.24, 2.45) is 0 Å². The molecule has 3 aromatic heterocycles. The molecule has 1 fully saturated rings. The van der Waals surface area contributed by atoms with E-state index in [-0.39, 0.29) is 5.56 Å². The average Bonchev–Trinajstić information content (AvgIpc) is 2.96. The Bertz CT molecular complexity index is 1220. The molecule has 5 nitrogen and oxygen atoms in total. The number of ether oxygens (including phenoxy) is 1. The van der Waals surface area contributed by atoms with Gasteiger partial charge < -0.3 is 9.64 Å². The van der Waals surface area contributed by atoms with Crippen molar-refractivity contribution >= 4 is 43.8 Å². The van der Waals surface area contributed by atoms with Crippen LogP contribution in [0.4, 0.5) is 5.82 Å². The first-order chi connectivity index (χ1) is 12.6. The summed E-state index contributed by atoms with van der Waals surface area (Å²) in [6, 6.07) is 9.75. The number of hydrogen-bond acceptors (Lipinski definition) is 5. The second-order valence-electron chi connectivity index (χ2n) is 6.73. The number of thiophene rings is 1. The molecule has 1 aliphatic rings. The van der Waals surface area contributed by atoms with Gasteiger partial charge in [-0.15, -0.1) is 11.3 Å². The Kier molecular flexibility index (Phi) is 3.52. The summed E-state index contributed by atoms with van der Waals surface area (Å²) in [7, 11) is 0. The number of morpholine rings is 1. The Hall–Kier alpha value is -2.44. The van der Waals surface area contributed by atoms with Gasteiger partial charge in [0.25, 0.3) is 5.56 Å². The van der Waals surface area contributed by atoms with Crippen molar-refractivity contribution in [1.29, 1.82) is 0 Å². The van der Waals surface area contributed by atoms with Gasteiger partial charge in [-0.3, -0.25) is 9.20 Å². The molecule has 1 saturated heterocycles. The molecule has 0 N–H and O–H groups in total. The molecular formula is C20H19N3O2S. The lowest BCUT2D eigenvalue weighted by Gasteiger charge is -2.29. The van der Waals surface area contributed by atoms with E-state index in [1.54, 1.807) is 15.7 Å². The number of anilines is 1. The monoisotopic (exact) mass is 365 g/mol. The SMILES string of the molecule is Cc1sc2c(c(N3CCOCC3)nc3cc4ccccc4c(=O)n32)c1C. The van der Waals surface area contributed by atoms with Gasteiger partial charge >= 0.3 is 0 Å². The molecular weight excluding hydrogens is 346 g/mol. The molecule has 1 aliphatic heterocycles. The van der Waals surface area contributed by atoms with Crippen molar-refractivity contribution < 1.29 is 4.74 Å². The van der Waals surface area contributed by atoms with Gasteiger partial charge in [0.05, 0.1) is 18.6 Å². The second-order valence-corrected chi connectivity index (χ2v) is 7.93. The van der Waals surface area contributed by atoms with Gasteiger partial charge in [-0.05, 0) is 36.9 Å². The van der Waals surface area contributed by atoms with Gasteiger partial charge in [0, 0.05) is 23.4 Å². The summed E-state index contributed by atoms with van der Waals surface area (Å²) in [6.07, 6.45) is 0. The lowest BCUT2D eigenvalue weighted by Crippen LogP contribution is -2.37. The van der Waals surface area contributed by atoms with Crippen molar-refractivity contribution in [3.63, 3.8) is 0 Å². The van der Waals surface area contributed by atoms with Gasteiger partial charge in [0.1, 0.15) is 16.3 Å². The molecule has 132 valence electrons. The van der Waals surface area contributed by atoms with Crippen LogP contribution in [0.25, 0.3) is 26.6 Å². The minimum atomic E-state index is 0.00498. The lowest BCUT2D eigenvalue weighted by molar-refractivity contribution is 0.122. The molecule has 6 heteroatoms. The van der Waals surface area contributed by atoms with Gasteiger partial charge in [-0.2, -0.15) is 0 Å². The largest absolute Gasteiger partial charge is 0.378 e. The van der Waals surface area contributed by atoms with Crippen LogP contribution in [0.1, 0.15) is 10.4 Å². The van der Waals surface area contributed by atoms with Gasteiger partial charge in [-0.25, -0.2) is 4.98 Å². The molecule has 26 heavy (non-hydrogen) atoms. The average molecular weight is 365 g/mol. The first-order valence-electron chi connectivity index (χ1n) is 8.82. The van der Waals surface area contributed by atoms with Crippen molar-refractivity contribution in [3.05, 3.63) is 51.1 Å². The summed E-state index contributed by atoms with van der Waals surface area (Å²) in [5.41, 5.74) is 1.93. The fourth-order valence-corrected chi connectivity index (χ4v) is 4.88. The van der Waals surface area contributed by atoms with E-state index < -0.39 is 0 Å². The van der Waals surface area contributed by atoms with Crippen molar-refractivity contribution in [2.75, 3.05) is 31.2 Å². The minimum Gasteiger partial charge on any atom is -0.378 e. The molecule has 4 heterocycles. The highest BCUT2D eigenvalue weighted by Gasteiger charge is 2.22. The van der Waals surface area contributed by atoms with Crippen LogP contribution >= 0.6 is 11.3 Å². The Morgan fingerprint density at radius 1 is 1.15 bits per heavy atom. The third kappa shape index (κ3) is 2.19. The minimum absolute atomic E-state index is 0.00498. The number of benzene rings is 1. The zero-order valence-corrected chi connectivity index (χ0v) is 15.6. The van der Waals surface area contributed by atoms with Crippen LogP contribution in [0, 0.1) is 13.8 Å². The predicted molar refractivity (Wildman–Crippen MR) is 107 cm³/mol. The van der Waals surface area contributed by atoms with Crippen LogP contribution in [0.3, 0.4) is 0 Å². The number of aryl methyl sites for hydroxylation is 2. The Labute approximate surface area is 154 Å². The zero-order chi connectivity index (χ0) is 17.8. The molecule has 0 atom stereocenters. The highest BCUT2D eigenvalue weighted by Crippen LogP contribution is 2.36. The Balaban J connectivity index is 1.95.